The van der Waals surface area contributed by atoms with Crippen LogP contribution in [0.4, 0.5) is 4.39 Å². The van der Waals surface area contributed by atoms with E-state index >= 15 is 0 Å². The summed E-state index contributed by atoms with van der Waals surface area (Å²) in [5.41, 5.74) is 0. The SMILES string of the molecule is O=C(O)CCNC(=O)C1CC2NCCC(CF)C2OS1. The third kappa shape index (κ3) is 3.83. The van der Waals surface area contributed by atoms with Crippen LogP contribution in [-0.4, -0.2) is 54.1 Å². The Bertz CT molecular complexity index is 371. The Morgan fingerprint density at radius 1 is 1.50 bits per heavy atom. The lowest BCUT2D eigenvalue weighted by atomic mass is 9.87. The van der Waals surface area contributed by atoms with Gasteiger partial charge in [-0.3, -0.25) is 14.0 Å². The summed E-state index contributed by atoms with van der Waals surface area (Å²) in [5, 5.41) is 14.0. The van der Waals surface area contributed by atoms with Gasteiger partial charge in [-0.15, -0.1) is 0 Å². The van der Waals surface area contributed by atoms with Crippen molar-refractivity contribution in [3.63, 3.8) is 0 Å². The second kappa shape index (κ2) is 7.24. The van der Waals surface area contributed by atoms with Crippen molar-refractivity contribution in [2.24, 2.45) is 5.92 Å². The molecule has 0 aromatic carbocycles. The van der Waals surface area contributed by atoms with Gasteiger partial charge in [0.15, 0.2) is 0 Å². The van der Waals surface area contributed by atoms with Crippen LogP contribution in [0.2, 0.25) is 0 Å². The molecule has 8 heteroatoms. The summed E-state index contributed by atoms with van der Waals surface area (Å²) < 4.78 is 18.5. The van der Waals surface area contributed by atoms with Gasteiger partial charge < -0.3 is 19.9 Å². The van der Waals surface area contributed by atoms with E-state index in [9.17, 15) is 14.0 Å². The van der Waals surface area contributed by atoms with Gasteiger partial charge in [0, 0.05) is 30.5 Å². The second-order valence-corrected chi connectivity index (χ2v) is 6.03. The van der Waals surface area contributed by atoms with E-state index in [-0.39, 0.29) is 42.2 Å². The molecule has 114 valence electrons. The molecule has 0 aromatic heterocycles. The number of carbonyl (C=O) groups is 2. The minimum atomic E-state index is -0.947. The van der Waals surface area contributed by atoms with Crippen molar-refractivity contribution in [2.75, 3.05) is 19.8 Å². The molecule has 2 fully saturated rings. The predicted molar refractivity (Wildman–Crippen MR) is 72.0 cm³/mol. The quantitative estimate of drug-likeness (QED) is 0.635. The molecular formula is C12H19FN2O4S. The fourth-order valence-electron chi connectivity index (χ4n) is 2.55. The fraction of sp³-hybridized carbons (Fsp3) is 0.833. The highest BCUT2D eigenvalue weighted by molar-refractivity contribution is 7.96. The molecule has 4 unspecified atom stereocenters. The number of rotatable bonds is 5. The number of carboxylic acid groups (broad SMARTS) is 1. The molecule has 0 saturated carbocycles. The van der Waals surface area contributed by atoms with E-state index < -0.39 is 12.6 Å². The zero-order valence-corrected chi connectivity index (χ0v) is 11.8. The van der Waals surface area contributed by atoms with Crippen LogP contribution in [0, 0.1) is 5.92 Å². The molecule has 0 radical (unpaired) electrons. The number of hydrogen-bond donors (Lipinski definition) is 3. The summed E-state index contributed by atoms with van der Waals surface area (Å²) in [6, 6.07) is -0.0130. The van der Waals surface area contributed by atoms with Gasteiger partial charge in [-0.2, -0.15) is 0 Å². The number of carbonyl (C=O) groups excluding carboxylic acids is 1. The molecule has 2 heterocycles. The van der Waals surface area contributed by atoms with Crippen LogP contribution in [0.15, 0.2) is 0 Å². The van der Waals surface area contributed by atoms with Crippen LogP contribution in [0.3, 0.4) is 0 Å². The van der Waals surface area contributed by atoms with E-state index in [2.05, 4.69) is 10.6 Å². The van der Waals surface area contributed by atoms with Crippen molar-refractivity contribution in [1.29, 1.82) is 0 Å². The van der Waals surface area contributed by atoms with Gasteiger partial charge in [-0.25, -0.2) is 0 Å². The van der Waals surface area contributed by atoms with Crippen LogP contribution in [-0.2, 0) is 13.8 Å². The van der Waals surface area contributed by atoms with E-state index in [1.54, 1.807) is 0 Å². The first kappa shape index (κ1) is 15.5. The summed E-state index contributed by atoms with van der Waals surface area (Å²) >= 11 is 1.07. The topological polar surface area (TPSA) is 87.7 Å². The Balaban J connectivity index is 1.81. The van der Waals surface area contributed by atoms with Gasteiger partial charge in [0.1, 0.15) is 5.25 Å². The largest absolute Gasteiger partial charge is 0.481 e. The molecule has 3 N–H and O–H groups in total. The van der Waals surface area contributed by atoms with E-state index in [0.29, 0.717) is 6.42 Å². The molecule has 2 aliphatic heterocycles. The van der Waals surface area contributed by atoms with Gasteiger partial charge in [0.2, 0.25) is 5.91 Å². The van der Waals surface area contributed by atoms with E-state index in [1.807, 2.05) is 0 Å². The molecule has 0 aromatic rings. The molecule has 0 bridgehead atoms. The first-order valence-corrected chi connectivity index (χ1v) is 7.53. The lowest BCUT2D eigenvalue weighted by Crippen LogP contribution is -2.55. The molecule has 20 heavy (non-hydrogen) atoms. The van der Waals surface area contributed by atoms with Crippen molar-refractivity contribution in [1.82, 2.24) is 10.6 Å². The van der Waals surface area contributed by atoms with Gasteiger partial charge in [0.05, 0.1) is 19.2 Å². The van der Waals surface area contributed by atoms with Crippen molar-refractivity contribution in [2.45, 2.75) is 36.7 Å². The number of carboxylic acids is 1. The third-order valence-electron chi connectivity index (χ3n) is 3.66. The smallest absolute Gasteiger partial charge is 0.305 e. The Morgan fingerprint density at radius 2 is 2.30 bits per heavy atom. The predicted octanol–water partition coefficient (Wildman–Crippen LogP) is 0.331. The average molecular weight is 306 g/mol. The van der Waals surface area contributed by atoms with Gasteiger partial charge in [-0.05, 0) is 19.4 Å². The standard InChI is InChI=1S/C12H19FN2O4S/c13-6-7-1-3-14-8-5-9(20-19-11(7)8)12(18)15-4-2-10(16)17/h7-9,11,14H,1-6H2,(H,15,18)(H,16,17). The van der Waals surface area contributed by atoms with E-state index in [1.165, 1.54) is 0 Å². The van der Waals surface area contributed by atoms with Crippen molar-refractivity contribution >= 4 is 23.9 Å². The molecule has 6 nitrogen and oxygen atoms in total. The van der Waals surface area contributed by atoms with Crippen molar-refractivity contribution < 1.29 is 23.3 Å². The van der Waals surface area contributed by atoms with Gasteiger partial charge >= 0.3 is 5.97 Å². The first-order chi connectivity index (χ1) is 9.61. The number of alkyl halides is 1. The molecule has 0 spiro atoms. The molecular weight excluding hydrogens is 287 g/mol. The fourth-order valence-corrected chi connectivity index (χ4v) is 3.56. The summed E-state index contributed by atoms with van der Waals surface area (Å²) in [6.07, 6.45) is 1.03. The van der Waals surface area contributed by atoms with Crippen LogP contribution < -0.4 is 10.6 Å². The normalized spacial score (nSPS) is 33.2. The lowest BCUT2D eigenvalue weighted by Gasteiger charge is -2.41. The van der Waals surface area contributed by atoms with Crippen molar-refractivity contribution in [3.05, 3.63) is 0 Å². The molecule has 4 atom stereocenters. The number of nitrogens with one attached hydrogen (secondary N) is 2. The first-order valence-electron chi connectivity index (χ1n) is 6.72. The molecule has 1 amide bonds. The van der Waals surface area contributed by atoms with E-state index in [0.717, 1.165) is 25.0 Å². The maximum Gasteiger partial charge on any atom is 0.305 e. The van der Waals surface area contributed by atoms with Crippen LogP contribution >= 0.6 is 12.0 Å². The molecule has 2 rings (SSSR count). The zero-order valence-electron chi connectivity index (χ0n) is 11.0. The Hall–Kier alpha value is -0.860. The van der Waals surface area contributed by atoms with Crippen LogP contribution in [0.25, 0.3) is 0 Å². The zero-order chi connectivity index (χ0) is 14.5. The monoisotopic (exact) mass is 306 g/mol. The number of amides is 1. The summed E-state index contributed by atoms with van der Waals surface area (Å²) in [5.74, 6) is -1.28. The number of hydrogen-bond acceptors (Lipinski definition) is 5. The number of aliphatic carboxylic acids is 1. The van der Waals surface area contributed by atoms with Gasteiger partial charge in [-0.1, -0.05) is 0 Å². The van der Waals surface area contributed by atoms with Crippen molar-refractivity contribution in [3.8, 4) is 0 Å². The Kier molecular flexibility index (Phi) is 5.62. The van der Waals surface area contributed by atoms with E-state index in [4.69, 9.17) is 9.29 Å². The third-order valence-corrected chi connectivity index (χ3v) is 4.63. The number of halogens is 1. The van der Waals surface area contributed by atoms with Gasteiger partial charge in [0.25, 0.3) is 0 Å². The molecule has 2 aliphatic rings. The second-order valence-electron chi connectivity index (χ2n) is 5.08. The number of fused-ring (bicyclic) bond motifs is 1. The maximum atomic E-state index is 12.9. The minimum absolute atomic E-state index is 0.0130. The molecule has 2 saturated heterocycles. The van der Waals surface area contributed by atoms with Crippen LogP contribution in [0.1, 0.15) is 19.3 Å². The average Bonchev–Trinajstić information content (AvgIpc) is 2.45. The Labute approximate surface area is 121 Å². The lowest BCUT2D eigenvalue weighted by molar-refractivity contribution is -0.136. The minimum Gasteiger partial charge on any atom is -0.481 e. The highest BCUT2D eigenvalue weighted by Crippen LogP contribution is 2.35. The van der Waals surface area contributed by atoms with Crippen LogP contribution in [0.5, 0.6) is 0 Å². The highest BCUT2D eigenvalue weighted by Gasteiger charge is 2.41. The summed E-state index contributed by atoms with van der Waals surface area (Å²) in [4.78, 5) is 22.3. The Morgan fingerprint density at radius 3 is 3.00 bits per heavy atom. The maximum absolute atomic E-state index is 12.9. The highest BCUT2D eigenvalue weighted by atomic mass is 32.2. The number of piperidine rings is 1. The summed E-state index contributed by atoms with van der Waals surface area (Å²) in [7, 11) is 0. The molecule has 0 aliphatic carbocycles. The summed E-state index contributed by atoms with van der Waals surface area (Å²) in [6.45, 7) is 0.440.